The number of ether oxygens (including phenoxy) is 1. The first-order valence-corrected chi connectivity index (χ1v) is 6.76. The lowest BCUT2D eigenvalue weighted by atomic mass is 10.1. The topological polar surface area (TPSA) is 71.5 Å². The summed E-state index contributed by atoms with van der Waals surface area (Å²) in [7, 11) is 0. The van der Waals surface area contributed by atoms with E-state index in [4.69, 9.17) is 9.84 Å². The second-order valence-electron chi connectivity index (χ2n) is 4.63. The van der Waals surface area contributed by atoms with Crippen molar-refractivity contribution in [1.29, 1.82) is 0 Å². The Kier molecular flexibility index (Phi) is 5.29. The molecule has 0 amide bonds. The van der Waals surface area contributed by atoms with Crippen LogP contribution in [0, 0.1) is 0 Å². The maximum absolute atomic E-state index is 10.7. The highest BCUT2D eigenvalue weighted by molar-refractivity contribution is 5.87. The van der Waals surface area contributed by atoms with Gasteiger partial charge in [0, 0.05) is 25.0 Å². The molecule has 1 atom stereocenters. The van der Waals surface area contributed by atoms with E-state index in [0.29, 0.717) is 18.9 Å². The molecule has 2 N–H and O–H groups in total. The molecular weight excluding hydrogens is 268 g/mol. The minimum Gasteiger partial charge on any atom is -0.492 e. The van der Waals surface area contributed by atoms with Crippen LogP contribution in [0.4, 0.5) is 0 Å². The minimum absolute atomic E-state index is 0.228. The molecule has 0 saturated heterocycles. The van der Waals surface area contributed by atoms with Crippen LogP contribution in [-0.2, 0) is 0 Å². The molecule has 1 aromatic carbocycles. The van der Waals surface area contributed by atoms with Crippen LogP contribution in [0.3, 0.4) is 0 Å². The molecule has 5 heteroatoms. The van der Waals surface area contributed by atoms with E-state index >= 15 is 0 Å². The molecule has 1 aromatic heterocycles. The van der Waals surface area contributed by atoms with E-state index in [2.05, 4.69) is 17.2 Å². The van der Waals surface area contributed by atoms with Crippen molar-refractivity contribution in [3.05, 3.63) is 59.9 Å². The van der Waals surface area contributed by atoms with E-state index in [-0.39, 0.29) is 11.6 Å². The molecule has 21 heavy (non-hydrogen) atoms. The summed E-state index contributed by atoms with van der Waals surface area (Å²) in [4.78, 5) is 14.7. The molecule has 0 radical (unpaired) electrons. The molecule has 0 aliphatic rings. The number of carboxylic acid groups (broad SMARTS) is 1. The van der Waals surface area contributed by atoms with Gasteiger partial charge in [-0.3, -0.25) is 4.98 Å². The quantitative estimate of drug-likeness (QED) is 0.765. The summed E-state index contributed by atoms with van der Waals surface area (Å²) in [5.74, 6) is -0.271. The zero-order chi connectivity index (χ0) is 15.1. The largest absolute Gasteiger partial charge is 0.492 e. The Morgan fingerprint density at radius 3 is 2.52 bits per heavy atom. The highest BCUT2D eigenvalue weighted by atomic mass is 16.5. The van der Waals surface area contributed by atoms with E-state index < -0.39 is 5.97 Å². The van der Waals surface area contributed by atoms with Gasteiger partial charge in [-0.1, -0.05) is 0 Å². The van der Waals surface area contributed by atoms with E-state index in [1.54, 1.807) is 24.5 Å². The maximum atomic E-state index is 10.7. The molecule has 0 spiro atoms. The fourth-order valence-corrected chi connectivity index (χ4v) is 1.91. The minimum atomic E-state index is -0.936. The number of carboxylic acids is 1. The molecule has 2 rings (SSSR count). The second kappa shape index (κ2) is 7.40. The van der Waals surface area contributed by atoms with Gasteiger partial charge in [0.05, 0.1) is 5.56 Å². The zero-order valence-electron chi connectivity index (χ0n) is 11.8. The van der Waals surface area contributed by atoms with Gasteiger partial charge in [-0.25, -0.2) is 4.79 Å². The Morgan fingerprint density at radius 1 is 1.24 bits per heavy atom. The van der Waals surface area contributed by atoms with E-state index in [1.807, 2.05) is 12.1 Å². The fraction of sp³-hybridized carbons (Fsp3) is 0.250. The van der Waals surface area contributed by atoms with Crippen molar-refractivity contribution in [2.24, 2.45) is 0 Å². The van der Waals surface area contributed by atoms with Crippen LogP contribution in [0.5, 0.6) is 5.75 Å². The average Bonchev–Trinajstić information content (AvgIpc) is 2.52. The Morgan fingerprint density at radius 2 is 1.90 bits per heavy atom. The van der Waals surface area contributed by atoms with Crippen molar-refractivity contribution in [3.63, 3.8) is 0 Å². The molecule has 0 fully saturated rings. The van der Waals surface area contributed by atoms with E-state index in [9.17, 15) is 4.79 Å². The molecule has 0 aliphatic carbocycles. The summed E-state index contributed by atoms with van der Waals surface area (Å²) in [6, 6.07) is 10.6. The SMILES string of the molecule is C[C@@H](NCCOc1ccc(C(=O)O)cc1)c1ccncc1. The normalized spacial score (nSPS) is 11.9. The average molecular weight is 286 g/mol. The molecule has 0 unspecified atom stereocenters. The Balaban J connectivity index is 1.73. The lowest BCUT2D eigenvalue weighted by Gasteiger charge is -2.14. The number of hydrogen-bond acceptors (Lipinski definition) is 4. The zero-order valence-corrected chi connectivity index (χ0v) is 11.8. The van der Waals surface area contributed by atoms with Crippen LogP contribution in [0.1, 0.15) is 28.9 Å². The fourth-order valence-electron chi connectivity index (χ4n) is 1.91. The summed E-state index contributed by atoms with van der Waals surface area (Å²) in [5, 5.41) is 12.2. The predicted octanol–water partition coefficient (Wildman–Crippen LogP) is 2.51. The smallest absolute Gasteiger partial charge is 0.335 e. The van der Waals surface area contributed by atoms with Gasteiger partial charge in [-0.2, -0.15) is 0 Å². The molecule has 0 saturated carbocycles. The van der Waals surface area contributed by atoms with Crippen LogP contribution in [0.15, 0.2) is 48.8 Å². The molecule has 1 heterocycles. The number of nitrogens with one attached hydrogen (secondary N) is 1. The first-order chi connectivity index (χ1) is 10.2. The predicted molar refractivity (Wildman–Crippen MR) is 79.6 cm³/mol. The third kappa shape index (κ3) is 4.57. The molecule has 110 valence electrons. The standard InChI is InChI=1S/C16H18N2O3/c1-12(13-6-8-17-9-7-13)18-10-11-21-15-4-2-14(3-5-15)16(19)20/h2-9,12,18H,10-11H2,1H3,(H,19,20)/t12-/m1/s1. The Hall–Kier alpha value is -2.40. The number of nitrogens with zero attached hydrogens (tertiary/aromatic N) is 1. The number of hydrogen-bond donors (Lipinski definition) is 2. The highest BCUT2D eigenvalue weighted by Crippen LogP contribution is 2.12. The van der Waals surface area contributed by atoms with Gasteiger partial charge in [0.1, 0.15) is 12.4 Å². The van der Waals surface area contributed by atoms with Crippen LogP contribution >= 0.6 is 0 Å². The third-order valence-electron chi connectivity index (χ3n) is 3.13. The number of carbonyl (C=O) groups is 1. The molecule has 0 bridgehead atoms. The number of benzene rings is 1. The summed E-state index contributed by atoms with van der Waals surface area (Å²) in [6.07, 6.45) is 3.54. The maximum Gasteiger partial charge on any atom is 0.335 e. The lowest BCUT2D eigenvalue weighted by molar-refractivity contribution is 0.0697. The van der Waals surface area contributed by atoms with Gasteiger partial charge in [-0.05, 0) is 48.9 Å². The first-order valence-electron chi connectivity index (χ1n) is 6.76. The third-order valence-corrected chi connectivity index (χ3v) is 3.13. The molecule has 2 aromatic rings. The number of aromatic nitrogens is 1. The lowest BCUT2D eigenvalue weighted by Crippen LogP contribution is -2.24. The van der Waals surface area contributed by atoms with Crippen molar-refractivity contribution in [2.45, 2.75) is 13.0 Å². The highest BCUT2D eigenvalue weighted by Gasteiger charge is 2.04. The first kappa shape index (κ1) is 15.0. The van der Waals surface area contributed by atoms with E-state index in [1.165, 1.54) is 17.7 Å². The number of rotatable bonds is 7. The van der Waals surface area contributed by atoms with Crippen LogP contribution in [-0.4, -0.2) is 29.2 Å². The van der Waals surface area contributed by atoms with Crippen LogP contribution in [0.2, 0.25) is 0 Å². The van der Waals surface area contributed by atoms with Gasteiger partial charge in [0.15, 0.2) is 0 Å². The van der Waals surface area contributed by atoms with Crippen molar-refractivity contribution in [3.8, 4) is 5.75 Å². The van der Waals surface area contributed by atoms with Gasteiger partial charge in [-0.15, -0.1) is 0 Å². The molecular formula is C16H18N2O3. The van der Waals surface area contributed by atoms with Gasteiger partial charge in [0.25, 0.3) is 0 Å². The van der Waals surface area contributed by atoms with E-state index in [0.717, 1.165) is 0 Å². The molecule has 0 aliphatic heterocycles. The van der Waals surface area contributed by atoms with Gasteiger partial charge < -0.3 is 15.2 Å². The number of aromatic carboxylic acids is 1. The Bertz CT molecular complexity index is 570. The van der Waals surface area contributed by atoms with Crippen molar-refractivity contribution >= 4 is 5.97 Å². The van der Waals surface area contributed by atoms with Crippen molar-refractivity contribution in [1.82, 2.24) is 10.3 Å². The summed E-state index contributed by atoms with van der Waals surface area (Å²) < 4.78 is 5.56. The number of pyridine rings is 1. The molecule has 5 nitrogen and oxygen atoms in total. The van der Waals surface area contributed by atoms with Crippen molar-refractivity contribution in [2.75, 3.05) is 13.2 Å². The monoisotopic (exact) mass is 286 g/mol. The van der Waals surface area contributed by atoms with Crippen molar-refractivity contribution < 1.29 is 14.6 Å². The van der Waals surface area contributed by atoms with Crippen LogP contribution < -0.4 is 10.1 Å². The van der Waals surface area contributed by atoms with Gasteiger partial charge in [0.2, 0.25) is 0 Å². The van der Waals surface area contributed by atoms with Crippen LogP contribution in [0.25, 0.3) is 0 Å². The second-order valence-corrected chi connectivity index (χ2v) is 4.63. The summed E-state index contributed by atoms with van der Waals surface area (Å²) >= 11 is 0. The Labute approximate surface area is 123 Å². The summed E-state index contributed by atoms with van der Waals surface area (Å²) in [6.45, 7) is 3.29. The summed E-state index contributed by atoms with van der Waals surface area (Å²) in [5.41, 5.74) is 1.43. The van der Waals surface area contributed by atoms with Gasteiger partial charge >= 0.3 is 5.97 Å².